The Bertz CT molecular complexity index is 1210. The van der Waals surface area contributed by atoms with Gasteiger partial charge in [0.2, 0.25) is 0 Å². The van der Waals surface area contributed by atoms with Gasteiger partial charge in [0.05, 0.1) is 32.6 Å². The number of aromatic nitrogens is 1. The Hall–Kier alpha value is -4.07. The van der Waals surface area contributed by atoms with E-state index in [1.807, 2.05) is 24.0 Å². The van der Waals surface area contributed by atoms with Gasteiger partial charge < -0.3 is 24.4 Å². The average Bonchev–Trinajstić information content (AvgIpc) is 2.92. The molecule has 0 saturated carbocycles. The van der Waals surface area contributed by atoms with Crippen LogP contribution in [0.25, 0.3) is 0 Å². The van der Waals surface area contributed by atoms with Gasteiger partial charge in [-0.05, 0) is 68.3 Å². The Balaban J connectivity index is 1.47. The first-order valence-corrected chi connectivity index (χ1v) is 11.9. The number of anilines is 1. The molecule has 1 aromatic heterocycles. The minimum atomic E-state index is -0.204. The summed E-state index contributed by atoms with van der Waals surface area (Å²) < 4.78 is 15.8. The Labute approximate surface area is 211 Å². The molecule has 0 radical (unpaired) electrons. The van der Waals surface area contributed by atoms with E-state index in [9.17, 15) is 9.59 Å². The van der Waals surface area contributed by atoms with Gasteiger partial charge in [-0.15, -0.1) is 0 Å². The van der Waals surface area contributed by atoms with Crippen molar-refractivity contribution in [2.24, 2.45) is 0 Å². The fraction of sp³-hybridized carbons (Fsp3) is 0.321. The Morgan fingerprint density at radius 3 is 2.06 bits per heavy atom. The summed E-state index contributed by atoms with van der Waals surface area (Å²) in [5, 5.41) is 2.96. The van der Waals surface area contributed by atoms with Crippen LogP contribution in [0.15, 0.2) is 54.6 Å². The van der Waals surface area contributed by atoms with E-state index < -0.39 is 0 Å². The third-order valence-corrected chi connectivity index (χ3v) is 6.42. The summed E-state index contributed by atoms with van der Waals surface area (Å²) in [4.78, 5) is 32.9. The number of aryl methyl sites for hydroxylation is 1. The van der Waals surface area contributed by atoms with Crippen LogP contribution in [0.5, 0.6) is 17.2 Å². The van der Waals surface area contributed by atoms with Gasteiger partial charge in [-0.25, -0.2) is 0 Å². The van der Waals surface area contributed by atoms with Crippen molar-refractivity contribution >= 4 is 17.5 Å². The maximum Gasteiger partial charge on any atom is 0.257 e. The number of carbonyl (C=O) groups is 2. The van der Waals surface area contributed by atoms with Gasteiger partial charge in [-0.2, -0.15) is 0 Å². The van der Waals surface area contributed by atoms with E-state index >= 15 is 0 Å². The second kappa shape index (κ2) is 11.1. The number of rotatable bonds is 7. The fourth-order valence-corrected chi connectivity index (χ4v) is 4.42. The van der Waals surface area contributed by atoms with Crippen molar-refractivity contribution in [2.75, 3.05) is 39.7 Å². The molecule has 0 unspecified atom stereocenters. The zero-order chi connectivity index (χ0) is 25.7. The number of likely N-dealkylation sites (tertiary alicyclic amines) is 1. The molecule has 188 valence electrons. The fourth-order valence-electron chi connectivity index (χ4n) is 4.42. The molecule has 1 saturated heterocycles. The molecule has 1 aliphatic rings. The summed E-state index contributed by atoms with van der Waals surface area (Å²) in [5.41, 5.74) is 3.39. The Morgan fingerprint density at radius 2 is 1.47 bits per heavy atom. The van der Waals surface area contributed by atoms with Crippen LogP contribution in [0.1, 0.15) is 50.9 Å². The first-order chi connectivity index (χ1) is 17.4. The highest BCUT2D eigenvalue weighted by molar-refractivity contribution is 6.05. The van der Waals surface area contributed by atoms with Gasteiger partial charge in [0, 0.05) is 42.0 Å². The molecule has 2 amide bonds. The van der Waals surface area contributed by atoms with E-state index in [-0.39, 0.29) is 17.7 Å². The molecule has 4 rings (SSSR count). The first kappa shape index (κ1) is 25.0. The number of hydrogen-bond donors (Lipinski definition) is 1. The van der Waals surface area contributed by atoms with E-state index in [1.165, 1.54) is 0 Å². The molecule has 0 aliphatic carbocycles. The van der Waals surface area contributed by atoms with Gasteiger partial charge in [-0.1, -0.05) is 0 Å². The van der Waals surface area contributed by atoms with Crippen molar-refractivity contribution in [3.8, 4) is 17.2 Å². The second-order valence-electron chi connectivity index (χ2n) is 8.74. The largest absolute Gasteiger partial charge is 0.497 e. The molecule has 3 aromatic rings. The number of piperidine rings is 1. The molecule has 8 heteroatoms. The van der Waals surface area contributed by atoms with Gasteiger partial charge in [-0.3, -0.25) is 14.6 Å². The van der Waals surface area contributed by atoms with Crippen molar-refractivity contribution in [3.05, 3.63) is 77.1 Å². The first-order valence-electron chi connectivity index (χ1n) is 11.9. The van der Waals surface area contributed by atoms with Crippen LogP contribution in [-0.2, 0) is 0 Å². The summed E-state index contributed by atoms with van der Waals surface area (Å²) in [6.07, 6.45) is 1.43. The average molecular weight is 490 g/mol. The van der Waals surface area contributed by atoms with Crippen molar-refractivity contribution in [1.82, 2.24) is 9.88 Å². The summed E-state index contributed by atoms with van der Waals surface area (Å²) in [7, 11) is 4.72. The number of ether oxygens (including phenoxy) is 3. The van der Waals surface area contributed by atoms with E-state index in [4.69, 9.17) is 19.2 Å². The maximum absolute atomic E-state index is 13.2. The maximum atomic E-state index is 13.2. The topological polar surface area (TPSA) is 90.0 Å². The van der Waals surface area contributed by atoms with Crippen LogP contribution in [0.4, 0.5) is 5.69 Å². The van der Waals surface area contributed by atoms with E-state index in [1.54, 1.807) is 63.8 Å². The van der Waals surface area contributed by atoms with Gasteiger partial charge in [0.15, 0.2) is 0 Å². The number of methoxy groups -OCH3 is 3. The van der Waals surface area contributed by atoms with Crippen molar-refractivity contribution < 1.29 is 23.8 Å². The number of hydrogen-bond acceptors (Lipinski definition) is 6. The summed E-state index contributed by atoms with van der Waals surface area (Å²) >= 11 is 0. The van der Waals surface area contributed by atoms with Crippen molar-refractivity contribution in [2.45, 2.75) is 25.7 Å². The third-order valence-electron chi connectivity index (χ3n) is 6.42. The van der Waals surface area contributed by atoms with E-state index in [2.05, 4.69) is 5.32 Å². The van der Waals surface area contributed by atoms with Crippen LogP contribution >= 0.6 is 0 Å². The lowest BCUT2D eigenvalue weighted by Crippen LogP contribution is -2.38. The Morgan fingerprint density at radius 1 is 0.861 bits per heavy atom. The van der Waals surface area contributed by atoms with Gasteiger partial charge in [0.25, 0.3) is 11.8 Å². The summed E-state index contributed by atoms with van der Waals surface area (Å²) in [6, 6.07) is 16.1. The minimum absolute atomic E-state index is 0.0691. The van der Waals surface area contributed by atoms with E-state index in [0.29, 0.717) is 54.2 Å². The van der Waals surface area contributed by atoms with Crippen LogP contribution in [-0.4, -0.2) is 56.1 Å². The molecule has 1 N–H and O–H groups in total. The molecule has 0 bridgehead atoms. The smallest absolute Gasteiger partial charge is 0.257 e. The number of amides is 2. The quantitative estimate of drug-likeness (QED) is 0.518. The number of nitrogens with zero attached hydrogens (tertiary/aromatic N) is 2. The lowest BCUT2D eigenvalue weighted by atomic mass is 9.89. The molecule has 36 heavy (non-hydrogen) atoms. The normalized spacial score (nSPS) is 13.7. The van der Waals surface area contributed by atoms with Crippen LogP contribution in [0.3, 0.4) is 0 Å². The molecule has 2 heterocycles. The number of nitrogens with one attached hydrogen (secondary N) is 1. The highest BCUT2D eigenvalue weighted by atomic mass is 16.5. The molecule has 0 atom stereocenters. The molecule has 1 fully saturated rings. The number of pyridine rings is 1. The van der Waals surface area contributed by atoms with Crippen LogP contribution < -0.4 is 19.5 Å². The molecule has 2 aromatic carbocycles. The second-order valence-corrected chi connectivity index (χ2v) is 8.74. The van der Waals surface area contributed by atoms with E-state index in [0.717, 1.165) is 17.1 Å². The van der Waals surface area contributed by atoms with Crippen molar-refractivity contribution in [1.29, 1.82) is 0 Å². The molecule has 8 nitrogen and oxygen atoms in total. The summed E-state index contributed by atoms with van der Waals surface area (Å²) in [5.74, 6) is 1.67. The van der Waals surface area contributed by atoms with Gasteiger partial charge >= 0.3 is 0 Å². The molecular formula is C28H31N3O5. The summed E-state index contributed by atoms with van der Waals surface area (Å²) in [6.45, 7) is 3.06. The lowest BCUT2D eigenvalue weighted by Gasteiger charge is -2.32. The van der Waals surface area contributed by atoms with Crippen molar-refractivity contribution in [3.63, 3.8) is 0 Å². The SMILES string of the molecule is COc1ccc(NC(=O)c2ccc(C)nc2C2CCN(C(=O)c3cc(OC)cc(OC)c3)CC2)cc1. The lowest BCUT2D eigenvalue weighted by molar-refractivity contribution is 0.0710. The van der Waals surface area contributed by atoms with Gasteiger partial charge in [0.1, 0.15) is 17.2 Å². The Kier molecular flexibility index (Phi) is 7.73. The van der Waals surface area contributed by atoms with Crippen LogP contribution in [0, 0.1) is 6.92 Å². The third kappa shape index (κ3) is 5.59. The van der Waals surface area contributed by atoms with Crippen LogP contribution in [0.2, 0.25) is 0 Å². The zero-order valence-corrected chi connectivity index (χ0v) is 21.0. The number of benzene rings is 2. The predicted octanol–water partition coefficient (Wildman–Crippen LogP) is 4.69. The molecule has 0 spiro atoms. The predicted molar refractivity (Wildman–Crippen MR) is 137 cm³/mol. The standard InChI is InChI=1S/C28H31N3O5/c1-18-5-10-25(27(32)30-21-6-8-22(34-2)9-7-21)26(29-18)19-11-13-31(14-12-19)28(33)20-15-23(35-3)17-24(16-20)36-4/h5-10,15-17,19H,11-14H2,1-4H3,(H,30,32). The molecule has 1 aliphatic heterocycles. The monoisotopic (exact) mass is 489 g/mol. The zero-order valence-electron chi connectivity index (χ0n) is 21.0. The molecular weight excluding hydrogens is 458 g/mol. The minimum Gasteiger partial charge on any atom is -0.497 e. The number of carbonyl (C=O) groups excluding carboxylic acids is 2. The highest BCUT2D eigenvalue weighted by Gasteiger charge is 2.29. The highest BCUT2D eigenvalue weighted by Crippen LogP contribution is 2.31.